The van der Waals surface area contributed by atoms with Crippen LogP contribution in [0.1, 0.15) is 37.6 Å². The number of carbonyl (C=O) groups excluding carboxylic acids is 2. The van der Waals surface area contributed by atoms with Gasteiger partial charge in [-0.1, -0.05) is 30.3 Å². The Balaban J connectivity index is 2.73. The van der Waals surface area contributed by atoms with Crippen molar-refractivity contribution in [3.63, 3.8) is 0 Å². The van der Waals surface area contributed by atoms with Gasteiger partial charge in [-0.15, -0.1) is 0 Å². The maximum absolute atomic E-state index is 12.2. The van der Waals surface area contributed by atoms with Crippen molar-refractivity contribution in [2.24, 2.45) is 0 Å². The fourth-order valence-electron chi connectivity index (χ4n) is 1.81. The van der Waals surface area contributed by atoms with Crippen LogP contribution < -0.4 is 5.32 Å². The highest BCUT2D eigenvalue weighted by molar-refractivity contribution is 5.96. The van der Waals surface area contributed by atoms with Gasteiger partial charge in [-0.2, -0.15) is 0 Å². The van der Waals surface area contributed by atoms with E-state index >= 15 is 0 Å². The summed E-state index contributed by atoms with van der Waals surface area (Å²) < 4.78 is 5.10. The standard InChI is InChI=1S/C16H23NO5/c1-16(2,3)22-15(21)17-12(14(20)10-18)9-13(19)11-7-5-4-6-8-11/h4-8,12,14,18,20H,9-10H2,1-3H3,(H,17,21)/t12-,14-/m0/s1. The van der Waals surface area contributed by atoms with Gasteiger partial charge in [0, 0.05) is 12.0 Å². The molecular formula is C16H23NO5. The Labute approximate surface area is 130 Å². The van der Waals surface area contributed by atoms with E-state index in [9.17, 15) is 14.7 Å². The fraction of sp³-hybridized carbons (Fsp3) is 0.500. The molecule has 0 unspecified atom stereocenters. The first-order valence-electron chi connectivity index (χ1n) is 7.09. The third-order valence-corrected chi connectivity index (χ3v) is 2.85. The molecule has 1 aromatic carbocycles. The van der Waals surface area contributed by atoms with Gasteiger partial charge < -0.3 is 20.3 Å². The molecule has 2 atom stereocenters. The Morgan fingerprint density at radius 3 is 2.32 bits per heavy atom. The zero-order chi connectivity index (χ0) is 16.8. The summed E-state index contributed by atoms with van der Waals surface area (Å²) in [4.78, 5) is 23.9. The maximum Gasteiger partial charge on any atom is 0.407 e. The molecule has 0 heterocycles. The van der Waals surface area contributed by atoms with Gasteiger partial charge in [0.25, 0.3) is 0 Å². The van der Waals surface area contributed by atoms with Crippen LogP contribution in [0.2, 0.25) is 0 Å². The third kappa shape index (κ3) is 6.24. The Morgan fingerprint density at radius 2 is 1.82 bits per heavy atom. The lowest BCUT2D eigenvalue weighted by Gasteiger charge is -2.25. The topological polar surface area (TPSA) is 95.9 Å². The molecule has 22 heavy (non-hydrogen) atoms. The highest BCUT2D eigenvalue weighted by atomic mass is 16.6. The van der Waals surface area contributed by atoms with Crippen LogP contribution in [0.4, 0.5) is 4.79 Å². The van der Waals surface area contributed by atoms with Crippen LogP contribution in [0, 0.1) is 0 Å². The molecule has 0 bridgehead atoms. The number of ether oxygens (including phenoxy) is 1. The van der Waals surface area contributed by atoms with E-state index in [1.54, 1.807) is 51.1 Å². The molecule has 1 amide bonds. The summed E-state index contributed by atoms with van der Waals surface area (Å²) in [5, 5.41) is 21.3. The number of rotatable bonds is 6. The van der Waals surface area contributed by atoms with Crippen molar-refractivity contribution in [1.82, 2.24) is 5.32 Å². The Bertz CT molecular complexity index is 495. The van der Waals surface area contributed by atoms with Gasteiger partial charge in [0.15, 0.2) is 5.78 Å². The zero-order valence-electron chi connectivity index (χ0n) is 13.1. The van der Waals surface area contributed by atoms with Crippen molar-refractivity contribution in [2.45, 2.75) is 44.9 Å². The number of nitrogens with one attached hydrogen (secondary N) is 1. The van der Waals surface area contributed by atoms with E-state index in [4.69, 9.17) is 9.84 Å². The molecule has 0 aromatic heterocycles. The second-order valence-corrected chi connectivity index (χ2v) is 6.00. The summed E-state index contributed by atoms with van der Waals surface area (Å²) in [5.41, 5.74) is -0.217. The van der Waals surface area contributed by atoms with Gasteiger partial charge in [0.2, 0.25) is 0 Å². The number of aliphatic hydroxyl groups excluding tert-OH is 2. The summed E-state index contributed by atoms with van der Waals surface area (Å²) >= 11 is 0. The van der Waals surface area contributed by atoms with Crippen LogP contribution in [0.15, 0.2) is 30.3 Å². The average molecular weight is 309 g/mol. The number of Topliss-reactive ketones (excluding diaryl/α,β-unsaturated/α-hetero) is 1. The highest BCUT2D eigenvalue weighted by Gasteiger charge is 2.26. The molecule has 0 fully saturated rings. The van der Waals surface area contributed by atoms with Crippen molar-refractivity contribution in [3.8, 4) is 0 Å². The molecule has 0 saturated carbocycles. The van der Waals surface area contributed by atoms with Crippen molar-refractivity contribution >= 4 is 11.9 Å². The molecule has 122 valence electrons. The molecule has 6 nitrogen and oxygen atoms in total. The predicted octanol–water partition coefficient (Wildman–Crippen LogP) is 1.51. The molecule has 0 aliphatic carbocycles. The third-order valence-electron chi connectivity index (χ3n) is 2.85. The van der Waals surface area contributed by atoms with E-state index in [1.165, 1.54) is 0 Å². The normalized spacial score (nSPS) is 14.0. The van der Waals surface area contributed by atoms with Crippen LogP contribution >= 0.6 is 0 Å². The number of hydrogen-bond donors (Lipinski definition) is 3. The van der Waals surface area contributed by atoms with Crippen LogP contribution in [-0.2, 0) is 4.74 Å². The number of ketones is 1. The summed E-state index contributed by atoms with van der Waals surface area (Å²) in [7, 11) is 0. The van der Waals surface area contributed by atoms with E-state index in [1.807, 2.05) is 0 Å². The molecule has 0 saturated heterocycles. The number of hydrogen-bond acceptors (Lipinski definition) is 5. The number of alkyl carbamates (subject to hydrolysis) is 1. The largest absolute Gasteiger partial charge is 0.444 e. The molecule has 1 aromatic rings. The SMILES string of the molecule is CC(C)(C)OC(=O)N[C@@H](CC(=O)c1ccccc1)[C@@H](O)CO. The van der Waals surface area contributed by atoms with E-state index in [-0.39, 0.29) is 12.2 Å². The van der Waals surface area contributed by atoms with Gasteiger partial charge in [-0.25, -0.2) is 4.79 Å². The second kappa shape index (κ2) is 7.91. The zero-order valence-corrected chi connectivity index (χ0v) is 13.1. The van der Waals surface area contributed by atoms with Crippen molar-refractivity contribution < 1.29 is 24.5 Å². The minimum absolute atomic E-state index is 0.134. The van der Waals surface area contributed by atoms with E-state index in [0.29, 0.717) is 5.56 Å². The lowest BCUT2D eigenvalue weighted by Crippen LogP contribution is -2.47. The van der Waals surface area contributed by atoms with E-state index in [0.717, 1.165) is 0 Å². The maximum atomic E-state index is 12.2. The Kier molecular flexibility index (Phi) is 6.52. The van der Waals surface area contributed by atoms with Crippen molar-refractivity contribution in [1.29, 1.82) is 0 Å². The average Bonchev–Trinajstić information content (AvgIpc) is 2.44. The minimum atomic E-state index is -1.25. The van der Waals surface area contributed by atoms with Crippen LogP contribution in [0.3, 0.4) is 0 Å². The first-order chi connectivity index (χ1) is 10.2. The lowest BCUT2D eigenvalue weighted by atomic mass is 10.0. The first kappa shape index (κ1) is 18.1. The van der Waals surface area contributed by atoms with Gasteiger partial charge in [0.05, 0.1) is 18.8 Å². The summed E-state index contributed by atoms with van der Waals surface area (Å²) in [5.74, 6) is -0.242. The number of carbonyl (C=O) groups is 2. The van der Waals surface area contributed by atoms with Gasteiger partial charge >= 0.3 is 6.09 Å². The fourth-order valence-corrected chi connectivity index (χ4v) is 1.81. The van der Waals surface area contributed by atoms with Crippen molar-refractivity contribution in [2.75, 3.05) is 6.61 Å². The molecule has 0 spiro atoms. The Hall–Kier alpha value is -1.92. The molecule has 6 heteroatoms. The molecule has 3 N–H and O–H groups in total. The number of amides is 1. The quantitative estimate of drug-likeness (QED) is 0.692. The van der Waals surface area contributed by atoms with E-state index in [2.05, 4.69) is 5.32 Å². The number of aliphatic hydroxyl groups is 2. The molecule has 0 aliphatic rings. The Morgan fingerprint density at radius 1 is 1.23 bits per heavy atom. The van der Waals surface area contributed by atoms with Gasteiger partial charge in [-0.05, 0) is 20.8 Å². The molecular weight excluding hydrogens is 286 g/mol. The summed E-state index contributed by atoms with van der Waals surface area (Å²) in [6.45, 7) is 4.56. The number of benzene rings is 1. The first-order valence-corrected chi connectivity index (χ1v) is 7.09. The minimum Gasteiger partial charge on any atom is -0.444 e. The smallest absolute Gasteiger partial charge is 0.407 e. The van der Waals surface area contributed by atoms with E-state index < -0.39 is 30.4 Å². The van der Waals surface area contributed by atoms with Gasteiger partial charge in [-0.3, -0.25) is 4.79 Å². The van der Waals surface area contributed by atoms with Gasteiger partial charge in [0.1, 0.15) is 5.60 Å². The molecule has 1 rings (SSSR count). The lowest BCUT2D eigenvalue weighted by molar-refractivity contribution is 0.0307. The molecule has 0 radical (unpaired) electrons. The summed E-state index contributed by atoms with van der Waals surface area (Å²) in [6.07, 6.45) is -2.13. The van der Waals surface area contributed by atoms with Crippen LogP contribution in [0.5, 0.6) is 0 Å². The summed E-state index contributed by atoms with van der Waals surface area (Å²) in [6, 6.07) is 7.62. The van der Waals surface area contributed by atoms with Crippen molar-refractivity contribution in [3.05, 3.63) is 35.9 Å². The second-order valence-electron chi connectivity index (χ2n) is 6.00. The van der Waals surface area contributed by atoms with Crippen LogP contribution in [-0.4, -0.2) is 46.4 Å². The molecule has 0 aliphatic heterocycles. The predicted molar refractivity (Wildman–Crippen MR) is 81.6 cm³/mol. The monoisotopic (exact) mass is 309 g/mol. The highest BCUT2D eigenvalue weighted by Crippen LogP contribution is 2.11. The van der Waals surface area contributed by atoms with Crippen LogP contribution in [0.25, 0.3) is 0 Å².